The fraction of sp³-hybridized carbons (Fsp3) is 1.00. The molecule has 2 rings (SSSR count). The molecule has 0 unspecified atom stereocenters. The first kappa shape index (κ1) is 11.4. The molecule has 1 heterocycles. The molecule has 0 spiro atoms. The van der Waals surface area contributed by atoms with Crippen LogP contribution in [0.25, 0.3) is 0 Å². The van der Waals surface area contributed by atoms with E-state index in [0.29, 0.717) is 18.2 Å². The number of rotatable bonds is 2. The molecule has 1 saturated heterocycles. The molecular weight excluding hydrogens is 186 g/mol. The minimum atomic E-state index is 0.440. The zero-order valence-corrected chi connectivity index (χ0v) is 10.2. The predicted molar refractivity (Wildman–Crippen MR) is 63.0 cm³/mol. The topological polar surface area (TPSA) is 21.3 Å². The van der Waals surface area contributed by atoms with Crippen molar-refractivity contribution >= 4 is 0 Å². The van der Waals surface area contributed by atoms with Crippen LogP contribution in [0, 0.1) is 0 Å². The molecular formula is C13H25NO. The van der Waals surface area contributed by atoms with Crippen molar-refractivity contribution in [2.75, 3.05) is 0 Å². The van der Waals surface area contributed by atoms with Crippen molar-refractivity contribution in [3.8, 4) is 0 Å². The minimum Gasteiger partial charge on any atom is -0.375 e. The van der Waals surface area contributed by atoms with Gasteiger partial charge >= 0.3 is 0 Å². The van der Waals surface area contributed by atoms with Crippen LogP contribution in [0.1, 0.15) is 58.8 Å². The molecule has 0 amide bonds. The summed E-state index contributed by atoms with van der Waals surface area (Å²) in [7, 11) is 0. The molecule has 1 aliphatic carbocycles. The Kier molecular flexibility index (Phi) is 4.04. The van der Waals surface area contributed by atoms with Gasteiger partial charge in [0.2, 0.25) is 0 Å². The third-order valence-electron chi connectivity index (χ3n) is 3.77. The van der Waals surface area contributed by atoms with E-state index < -0.39 is 0 Å². The van der Waals surface area contributed by atoms with Gasteiger partial charge in [-0.2, -0.15) is 0 Å². The zero-order valence-electron chi connectivity index (χ0n) is 10.2. The molecule has 0 bridgehead atoms. The van der Waals surface area contributed by atoms with E-state index in [9.17, 15) is 0 Å². The van der Waals surface area contributed by atoms with Crippen LogP contribution in [0.4, 0.5) is 0 Å². The Morgan fingerprint density at radius 1 is 0.867 bits per heavy atom. The first-order valence-electron chi connectivity index (χ1n) is 6.65. The van der Waals surface area contributed by atoms with Gasteiger partial charge in [0.05, 0.1) is 12.2 Å². The van der Waals surface area contributed by atoms with Crippen molar-refractivity contribution in [3.63, 3.8) is 0 Å². The van der Waals surface area contributed by atoms with Crippen molar-refractivity contribution in [3.05, 3.63) is 0 Å². The molecule has 0 aromatic rings. The fourth-order valence-electron chi connectivity index (χ4n) is 3.14. The lowest BCUT2D eigenvalue weighted by atomic mass is 9.92. The van der Waals surface area contributed by atoms with Crippen LogP contribution in [-0.4, -0.2) is 24.3 Å². The van der Waals surface area contributed by atoms with E-state index in [1.54, 1.807) is 0 Å². The highest BCUT2D eigenvalue weighted by molar-refractivity contribution is 4.83. The third kappa shape index (κ3) is 3.46. The molecule has 2 nitrogen and oxygen atoms in total. The number of hydrogen-bond acceptors (Lipinski definition) is 2. The lowest BCUT2D eigenvalue weighted by Gasteiger charge is -2.36. The first-order chi connectivity index (χ1) is 7.24. The molecule has 0 radical (unpaired) electrons. The first-order valence-corrected chi connectivity index (χ1v) is 6.65. The molecule has 2 heteroatoms. The number of ether oxygens (including phenoxy) is 1. The third-order valence-corrected chi connectivity index (χ3v) is 3.77. The second kappa shape index (κ2) is 5.31. The van der Waals surface area contributed by atoms with Gasteiger partial charge in [-0.15, -0.1) is 0 Å². The monoisotopic (exact) mass is 211 g/mol. The van der Waals surface area contributed by atoms with Crippen molar-refractivity contribution < 1.29 is 4.74 Å². The lowest BCUT2D eigenvalue weighted by molar-refractivity contribution is -0.0441. The lowest BCUT2D eigenvalue weighted by Crippen LogP contribution is -2.46. The van der Waals surface area contributed by atoms with Crippen LogP contribution in [0.2, 0.25) is 0 Å². The molecule has 15 heavy (non-hydrogen) atoms. The smallest absolute Gasteiger partial charge is 0.0565 e. The second-order valence-electron chi connectivity index (χ2n) is 5.43. The van der Waals surface area contributed by atoms with Crippen molar-refractivity contribution in [2.45, 2.75) is 83.1 Å². The highest BCUT2D eigenvalue weighted by Crippen LogP contribution is 2.23. The highest BCUT2D eigenvalue weighted by Gasteiger charge is 2.26. The average molecular weight is 211 g/mol. The SMILES string of the molecule is C[C@@H]1CC(NC2CCCCC2)C[C@@H](C)O1. The van der Waals surface area contributed by atoms with Gasteiger partial charge in [-0.05, 0) is 39.5 Å². The summed E-state index contributed by atoms with van der Waals surface area (Å²) in [6.07, 6.45) is 10.3. The van der Waals surface area contributed by atoms with Gasteiger partial charge in [0.15, 0.2) is 0 Å². The van der Waals surface area contributed by atoms with Gasteiger partial charge in [-0.1, -0.05) is 19.3 Å². The number of hydrogen-bond donors (Lipinski definition) is 1. The predicted octanol–water partition coefficient (Wildman–Crippen LogP) is 2.86. The van der Waals surface area contributed by atoms with E-state index in [1.165, 1.54) is 44.9 Å². The van der Waals surface area contributed by atoms with Crippen molar-refractivity contribution in [1.82, 2.24) is 5.32 Å². The maximum Gasteiger partial charge on any atom is 0.0565 e. The summed E-state index contributed by atoms with van der Waals surface area (Å²) in [6.45, 7) is 4.40. The maximum absolute atomic E-state index is 5.77. The molecule has 1 N–H and O–H groups in total. The van der Waals surface area contributed by atoms with Gasteiger partial charge in [0, 0.05) is 12.1 Å². The van der Waals surface area contributed by atoms with Gasteiger partial charge < -0.3 is 10.1 Å². The van der Waals surface area contributed by atoms with Gasteiger partial charge in [-0.25, -0.2) is 0 Å². The summed E-state index contributed by atoms with van der Waals surface area (Å²) in [5, 5.41) is 3.84. The summed E-state index contributed by atoms with van der Waals surface area (Å²) in [4.78, 5) is 0. The molecule has 0 aromatic heterocycles. The van der Waals surface area contributed by atoms with Gasteiger partial charge in [0.1, 0.15) is 0 Å². The average Bonchev–Trinajstić information content (AvgIpc) is 2.17. The Balaban J connectivity index is 1.77. The Bertz CT molecular complexity index is 179. The van der Waals surface area contributed by atoms with Crippen LogP contribution >= 0.6 is 0 Å². The van der Waals surface area contributed by atoms with E-state index in [-0.39, 0.29) is 0 Å². The minimum absolute atomic E-state index is 0.440. The molecule has 1 saturated carbocycles. The number of nitrogens with one attached hydrogen (secondary N) is 1. The fourth-order valence-corrected chi connectivity index (χ4v) is 3.14. The molecule has 0 aromatic carbocycles. The summed E-state index contributed by atoms with van der Waals surface area (Å²) >= 11 is 0. The van der Waals surface area contributed by atoms with Crippen molar-refractivity contribution in [2.24, 2.45) is 0 Å². The molecule has 88 valence electrons. The van der Waals surface area contributed by atoms with E-state index in [4.69, 9.17) is 4.74 Å². The standard InChI is InChI=1S/C13H25NO/c1-10-8-13(9-11(2)15-10)14-12-6-4-3-5-7-12/h10-14H,3-9H2,1-2H3/t10-,11-/m1/s1. The molecule has 2 aliphatic rings. The summed E-state index contributed by atoms with van der Waals surface area (Å²) in [6, 6.07) is 1.49. The summed E-state index contributed by atoms with van der Waals surface area (Å²) in [5.74, 6) is 0. The van der Waals surface area contributed by atoms with Crippen LogP contribution in [0.3, 0.4) is 0 Å². The van der Waals surface area contributed by atoms with Gasteiger partial charge in [-0.3, -0.25) is 0 Å². The quantitative estimate of drug-likeness (QED) is 0.758. The Labute approximate surface area is 93.8 Å². The van der Waals surface area contributed by atoms with Gasteiger partial charge in [0.25, 0.3) is 0 Å². The van der Waals surface area contributed by atoms with E-state index in [1.807, 2.05) is 0 Å². The van der Waals surface area contributed by atoms with Crippen LogP contribution in [-0.2, 0) is 4.74 Å². The van der Waals surface area contributed by atoms with E-state index in [2.05, 4.69) is 19.2 Å². The van der Waals surface area contributed by atoms with E-state index >= 15 is 0 Å². The molecule has 2 fully saturated rings. The van der Waals surface area contributed by atoms with Crippen LogP contribution < -0.4 is 5.32 Å². The van der Waals surface area contributed by atoms with Crippen LogP contribution in [0.15, 0.2) is 0 Å². The summed E-state index contributed by atoms with van der Waals surface area (Å²) < 4.78 is 5.77. The van der Waals surface area contributed by atoms with Crippen molar-refractivity contribution in [1.29, 1.82) is 0 Å². The van der Waals surface area contributed by atoms with E-state index in [0.717, 1.165) is 6.04 Å². The maximum atomic E-state index is 5.77. The normalized spacial score (nSPS) is 39.2. The highest BCUT2D eigenvalue weighted by atomic mass is 16.5. The molecule has 2 atom stereocenters. The zero-order chi connectivity index (χ0) is 10.7. The molecule has 1 aliphatic heterocycles. The Morgan fingerprint density at radius 2 is 1.47 bits per heavy atom. The summed E-state index contributed by atoms with van der Waals surface area (Å²) in [5.41, 5.74) is 0. The largest absolute Gasteiger partial charge is 0.375 e. The Hall–Kier alpha value is -0.0800. The Morgan fingerprint density at radius 3 is 2.07 bits per heavy atom. The van der Waals surface area contributed by atoms with Crippen LogP contribution in [0.5, 0.6) is 0 Å². The second-order valence-corrected chi connectivity index (χ2v) is 5.43.